The Bertz CT molecular complexity index is 809. The maximum absolute atomic E-state index is 12.7. The van der Waals surface area contributed by atoms with Crippen LogP contribution in [0.3, 0.4) is 0 Å². The number of nitro groups is 1. The van der Waals surface area contributed by atoms with Crippen molar-refractivity contribution in [2.45, 2.75) is 32.5 Å². The number of hydrogen-bond donors (Lipinski definition) is 0. The second kappa shape index (κ2) is 6.01. The van der Waals surface area contributed by atoms with E-state index >= 15 is 0 Å². The van der Waals surface area contributed by atoms with E-state index < -0.39 is 14.9 Å². The predicted molar refractivity (Wildman–Crippen MR) is 82.2 cm³/mol. The molecule has 0 aliphatic rings. The van der Waals surface area contributed by atoms with Crippen LogP contribution in [0.1, 0.15) is 20.8 Å². The third-order valence-electron chi connectivity index (χ3n) is 3.50. The highest BCUT2D eigenvalue weighted by atomic mass is 32.2. The molecule has 2 rings (SSSR count). The zero-order chi connectivity index (χ0) is 16.5. The molecule has 0 atom stereocenters. The Morgan fingerprint density at radius 2 is 1.91 bits per heavy atom. The monoisotopic (exact) mass is 326 g/mol. The molecule has 0 N–H and O–H groups in total. The lowest BCUT2D eigenvalue weighted by Crippen LogP contribution is -2.32. The molecule has 1 heterocycles. The Balaban J connectivity index is 2.71. The van der Waals surface area contributed by atoms with Gasteiger partial charge in [0.2, 0.25) is 5.16 Å². The first-order valence-electron chi connectivity index (χ1n) is 7.01. The van der Waals surface area contributed by atoms with E-state index in [9.17, 15) is 18.5 Å². The molecule has 0 saturated heterocycles. The first kappa shape index (κ1) is 16.4. The third kappa shape index (κ3) is 2.57. The number of fused-ring (bicyclic) bond motifs is 1. The Kier molecular flexibility index (Phi) is 4.47. The van der Waals surface area contributed by atoms with Crippen molar-refractivity contribution in [1.82, 2.24) is 13.9 Å². The summed E-state index contributed by atoms with van der Waals surface area (Å²) >= 11 is 0. The lowest BCUT2D eigenvalue weighted by Gasteiger charge is -2.18. The number of hydrogen-bond acceptors (Lipinski definition) is 5. The number of nitrogens with zero attached hydrogens (tertiary/aromatic N) is 4. The number of aryl methyl sites for hydroxylation is 1. The number of sulfonamides is 1. The summed E-state index contributed by atoms with van der Waals surface area (Å²) in [6.45, 7) is 6.40. The minimum atomic E-state index is -3.72. The SMILES string of the molecule is CCN(CC)S(=O)(=O)c1nc2cc([N+](=O)[O-])ccc2n1CC. The van der Waals surface area contributed by atoms with Crippen molar-refractivity contribution in [2.75, 3.05) is 13.1 Å². The molecule has 0 radical (unpaired) electrons. The molecule has 1 aromatic heterocycles. The van der Waals surface area contributed by atoms with Crippen molar-refractivity contribution < 1.29 is 13.3 Å². The minimum Gasteiger partial charge on any atom is -0.314 e. The predicted octanol–water partition coefficient (Wildman–Crippen LogP) is 1.99. The van der Waals surface area contributed by atoms with E-state index in [1.54, 1.807) is 18.4 Å². The van der Waals surface area contributed by atoms with Crippen molar-refractivity contribution in [3.8, 4) is 0 Å². The number of rotatable bonds is 6. The van der Waals surface area contributed by atoms with Crippen LogP contribution >= 0.6 is 0 Å². The van der Waals surface area contributed by atoms with E-state index in [4.69, 9.17) is 0 Å². The van der Waals surface area contributed by atoms with Crippen molar-refractivity contribution in [1.29, 1.82) is 0 Å². The molecule has 22 heavy (non-hydrogen) atoms. The zero-order valence-corrected chi connectivity index (χ0v) is 13.5. The quantitative estimate of drug-likeness (QED) is 0.597. The van der Waals surface area contributed by atoms with Crippen LogP contribution in [0.5, 0.6) is 0 Å². The summed E-state index contributed by atoms with van der Waals surface area (Å²) in [4.78, 5) is 14.5. The number of non-ortho nitro benzene ring substituents is 1. The fraction of sp³-hybridized carbons (Fsp3) is 0.462. The second-order valence-electron chi connectivity index (χ2n) is 4.66. The van der Waals surface area contributed by atoms with Gasteiger partial charge < -0.3 is 4.57 Å². The molecule has 0 bridgehead atoms. The summed E-state index contributed by atoms with van der Waals surface area (Å²) in [6, 6.07) is 4.18. The van der Waals surface area contributed by atoms with Gasteiger partial charge in [0.05, 0.1) is 16.0 Å². The van der Waals surface area contributed by atoms with Gasteiger partial charge in [-0.15, -0.1) is 0 Å². The molecule has 0 amide bonds. The minimum absolute atomic E-state index is 0.0748. The number of aromatic nitrogens is 2. The molecule has 1 aromatic carbocycles. The molecule has 0 fully saturated rings. The fourth-order valence-electron chi connectivity index (χ4n) is 2.39. The van der Waals surface area contributed by atoms with Crippen LogP contribution in [0.4, 0.5) is 5.69 Å². The lowest BCUT2D eigenvalue weighted by atomic mass is 10.3. The summed E-state index contributed by atoms with van der Waals surface area (Å²) in [5.74, 6) is 0. The Labute approximate surface area is 128 Å². The van der Waals surface area contributed by atoms with Crippen LogP contribution in [0, 0.1) is 10.1 Å². The van der Waals surface area contributed by atoms with Crippen LogP contribution in [-0.4, -0.2) is 40.3 Å². The summed E-state index contributed by atoms with van der Waals surface area (Å²) in [5, 5.41) is 10.8. The molecule has 0 aliphatic carbocycles. The highest BCUT2D eigenvalue weighted by Gasteiger charge is 2.28. The van der Waals surface area contributed by atoms with E-state index in [1.807, 2.05) is 6.92 Å². The molecular formula is C13H18N4O4S. The van der Waals surface area contributed by atoms with Crippen LogP contribution < -0.4 is 0 Å². The topological polar surface area (TPSA) is 98.3 Å². The molecule has 0 aliphatic heterocycles. The van der Waals surface area contributed by atoms with Gasteiger partial charge in [-0.25, -0.2) is 13.4 Å². The molecule has 120 valence electrons. The summed E-state index contributed by atoms with van der Waals surface area (Å²) in [6.07, 6.45) is 0. The summed E-state index contributed by atoms with van der Waals surface area (Å²) < 4.78 is 28.2. The molecule has 9 heteroatoms. The number of nitro benzene ring substituents is 1. The van der Waals surface area contributed by atoms with E-state index in [0.29, 0.717) is 30.7 Å². The highest BCUT2D eigenvalue weighted by molar-refractivity contribution is 7.89. The van der Waals surface area contributed by atoms with Gasteiger partial charge in [-0.05, 0) is 13.0 Å². The largest absolute Gasteiger partial charge is 0.314 e. The van der Waals surface area contributed by atoms with Crippen molar-refractivity contribution in [3.63, 3.8) is 0 Å². The maximum Gasteiger partial charge on any atom is 0.277 e. The van der Waals surface area contributed by atoms with Gasteiger partial charge in [-0.1, -0.05) is 13.8 Å². The number of imidazole rings is 1. The first-order valence-corrected chi connectivity index (χ1v) is 8.45. The van der Waals surface area contributed by atoms with Crippen LogP contribution in [-0.2, 0) is 16.6 Å². The van der Waals surface area contributed by atoms with E-state index in [-0.39, 0.29) is 10.8 Å². The van der Waals surface area contributed by atoms with Gasteiger partial charge in [0.1, 0.15) is 0 Å². The third-order valence-corrected chi connectivity index (χ3v) is 5.47. The summed E-state index contributed by atoms with van der Waals surface area (Å²) in [5.41, 5.74) is 0.764. The Morgan fingerprint density at radius 3 is 2.41 bits per heavy atom. The van der Waals surface area contributed by atoms with Crippen LogP contribution in [0.25, 0.3) is 11.0 Å². The van der Waals surface area contributed by atoms with E-state index in [1.165, 1.54) is 22.5 Å². The Hall–Kier alpha value is -2.00. The fourth-order valence-corrected chi connectivity index (χ4v) is 4.02. The molecule has 0 spiro atoms. The average molecular weight is 326 g/mol. The van der Waals surface area contributed by atoms with Gasteiger partial charge in [0.25, 0.3) is 15.7 Å². The normalized spacial score (nSPS) is 12.2. The van der Waals surface area contributed by atoms with Crippen molar-refractivity contribution >= 4 is 26.7 Å². The van der Waals surface area contributed by atoms with Gasteiger partial charge in [0, 0.05) is 31.8 Å². The molecule has 0 unspecified atom stereocenters. The lowest BCUT2D eigenvalue weighted by molar-refractivity contribution is -0.384. The maximum atomic E-state index is 12.7. The first-order chi connectivity index (χ1) is 10.4. The van der Waals surface area contributed by atoms with Gasteiger partial charge in [-0.2, -0.15) is 4.31 Å². The zero-order valence-electron chi connectivity index (χ0n) is 12.7. The number of benzene rings is 1. The van der Waals surface area contributed by atoms with Crippen LogP contribution in [0.2, 0.25) is 0 Å². The second-order valence-corrected chi connectivity index (χ2v) is 6.49. The molecular weight excluding hydrogens is 308 g/mol. The average Bonchev–Trinajstić information content (AvgIpc) is 2.86. The highest BCUT2D eigenvalue weighted by Crippen LogP contribution is 2.25. The molecule has 0 saturated carbocycles. The summed E-state index contributed by atoms with van der Waals surface area (Å²) in [7, 11) is -3.72. The van der Waals surface area contributed by atoms with Gasteiger partial charge >= 0.3 is 0 Å². The van der Waals surface area contributed by atoms with Gasteiger partial charge in [-0.3, -0.25) is 10.1 Å². The van der Waals surface area contributed by atoms with Crippen molar-refractivity contribution in [2.24, 2.45) is 0 Å². The molecule has 2 aromatic rings. The smallest absolute Gasteiger partial charge is 0.277 e. The van der Waals surface area contributed by atoms with Gasteiger partial charge in [0.15, 0.2) is 0 Å². The standard InChI is InChI=1S/C13H18N4O4S/c1-4-15(5-2)22(20,21)13-14-11-9-10(17(18)19)7-8-12(11)16(13)6-3/h7-9H,4-6H2,1-3H3. The van der Waals surface area contributed by atoms with E-state index in [0.717, 1.165) is 0 Å². The molecule has 8 nitrogen and oxygen atoms in total. The Morgan fingerprint density at radius 1 is 1.27 bits per heavy atom. The van der Waals surface area contributed by atoms with Crippen LogP contribution in [0.15, 0.2) is 23.4 Å². The van der Waals surface area contributed by atoms with Crippen molar-refractivity contribution in [3.05, 3.63) is 28.3 Å². The van der Waals surface area contributed by atoms with E-state index in [2.05, 4.69) is 4.98 Å².